The lowest BCUT2D eigenvalue weighted by Crippen LogP contribution is -2.52. The summed E-state index contributed by atoms with van der Waals surface area (Å²) in [5, 5.41) is 37.2. The van der Waals surface area contributed by atoms with Crippen molar-refractivity contribution in [3.05, 3.63) is 46.0 Å². The average Bonchev–Trinajstić information content (AvgIpc) is 2.81. The number of benzene rings is 2. The normalized spacial score (nSPS) is 21.4. The number of carbonyl (C=O) groups excluding carboxylic acids is 1. The van der Waals surface area contributed by atoms with Crippen molar-refractivity contribution in [2.24, 2.45) is 5.41 Å². The number of phenols is 1. The van der Waals surface area contributed by atoms with Crippen LogP contribution in [-0.4, -0.2) is 42.5 Å². The Labute approximate surface area is 202 Å². The molecule has 0 bridgehead atoms. The number of rotatable bonds is 1. The van der Waals surface area contributed by atoms with E-state index in [0.717, 1.165) is 21.3 Å². The zero-order chi connectivity index (χ0) is 25.8. The molecule has 2 aliphatic rings. The van der Waals surface area contributed by atoms with Gasteiger partial charge in [-0.1, -0.05) is 41.5 Å². The minimum Gasteiger partial charge on any atom is -0.507 e. The van der Waals surface area contributed by atoms with Crippen LogP contribution in [0, 0.1) is 5.41 Å². The number of ketones is 1. The minimum absolute atomic E-state index is 0.0970. The summed E-state index contributed by atoms with van der Waals surface area (Å²) in [5.41, 5.74) is 1.14. The van der Waals surface area contributed by atoms with Crippen LogP contribution in [0.25, 0.3) is 16.8 Å². The molecule has 6 nitrogen and oxygen atoms in total. The van der Waals surface area contributed by atoms with Crippen LogP contribution in [0.2, 0.25) is 0 Å². The standard InChI is InChI=1S/C28H38N2O4/c1-25(2,3)19-13-15-14-20(26(4,5)6)23(32)18-12-16(11-17(21(15)18)22(19)31)24-29(33)27(7,8)28(9,10)30(24)34/h11-14,24,31,33-34H,1-10H3. The fourth-order valence-electron chi connectivity index (χ4n) is 5.10. The predicted molar refractivity (Wildman–Crippen MR) is 134 cm³/mol. The molecule has 4 rings (SSSR count). The third kappa shape index (κ3) is 3.27. The molecular weight excluding hydrogens is 428 g/mol. The van der Waals surface area contributed by atoms with Crippen LogP contribution < -0.4 is 0 Å². The first-order valence-corrected chi connectivity index (χ1v) is 11.9. The molecule has 0 atom stereocenters. The molecule has 1 aliphatic heterocycles. The Bertz CT molecular complexity index is 1220. The van der Waals surface area contributed by atoms with Gasteiger partial charge in [0.15, 0.2) is 5.78 Å². The van der Waals surface area contributed by atoms with Crippen molar-refractivity contribution in [3.8, 4) is 5.75 Å². The largest absolute Gasteiger partial charge is 0.507 e. The second kappa shape index (κ2) is 7.14. The molecule has 0 unspecified atom stereocenters. The quantitative estimate of drug-likeness (QED) is 0.450. The third-order valence-corrected chi connectivity index (χ3v) is 8.07. The van der Waals surface area contributed by atoms with Crippen LogP contribution in [0.5, 0.6) is 5.75 Å². The van der Waals surface area contributed by atoms with Gasteiger partial charge in [0.2, 0.25) is 0 Å². The lowest BCUT2D eigenvalue weighted by molar-refractivity contribution is -0.223. The Hall–Kier alpha value is -2.25. The number of hydrogen-bond donors (Lipinski definition) is 3. The summed E-state index contributed by atoms with van der Waals surface area (Å²) in [6.07, 6.45) is 1.05. The molecule has 1 heterocycles. The maximum absolute atomic E-state index is 13.7. The van der Waals surface area contributed by atoms with Gasteiger partial charge in [-0.2, -0.15) is 10.1 Å². The molecule has 0 radical (unpaired) electrons. The third-order valence-electron chi connectivity index (χ3n) is 8.07. The number of phenolic OH excluding ortho intramolecular Hbond substituents is 1. The van der Waals surface area contributed by atoms with Crippen molar-refractivity contribution in [3.63, 3.8) is 0 Å². The lowest BCUT2D eigenvalue weighted by atomic mass is 9.74. The molecule has 3 N–H and O–H groups in total. The van der Waals surface area contributed by atoms with Gasteiger partial charge in [-0.25, -0.2) is 0 Å². The number of hydrogen-bond acceptors (Lipinski definition) is 6. The molecule has 2 aromatic rings. The SMILES string of the molecule is CC(C)(C)C1=Cc2cc(C(C)(C)C)c(O)c3cc(C4N(O)C(C)(C)C(C)(C)N4O)cc(c23)C1=O. The van der Waals surface area contributed by atoms with E-state index in [9.17, 15) is 20.3 Å². The number of Topliss-reactive ketones (excluding diaryl/α,β-unsaturated/α-hetero) is 1. The highest BCUT2D eigenvalue weighted by Crippen LogP contribution is 2.50. The van der Waals surface area contributed by atoms with Gasteiger partial charge in [0.25, 0.3) is 0 Å². The van der Waals surface area contributed by atoms with E-state index in [1.165, 1.54) is 0 Å². The summed E-state index contributed by atoms with van der Waals surface area (Å²) >= 11 is 0. The van der Waals surface area contributed by atoms with Crippen molar-refractivity contribution in [1.82, 2.24) is 10.1 Å². The lowest BCUT2D eigenvalue weighted by Gasteiger charge is -2.37. The van der Waals surface area contributed by atoms with Crippen molar-refractivity contribution >= 4 is 22.6 Å². The van der Waals surface area contributed by atoms with Gasteiger partial charge in [-0.15, -0.1) is 0 Å². The molecule has 0 saturated carbocycles. The highest BCUT2D eigenvalue weighted by molar-refractivity contribution is 6.24. The van der Waals surface area contributed by atoms with Crippen LogP contribution in [0.1, 0.15) is 102 Å². The van der Waals surface area contributed by atoms with Gasteiger partial charge < -0.3 is 15.5 Å². The Kier molecular flexibility index (Phi) is 5.22. The molecule has 0 amide bonds. The highest BCUT2D eigenvalue weighted by atomic mass is 16.6. The summed E-state index contributed by atoms with van der Waals surface area (Å²) in [6.45, 7) is 19.6. The van der Waals surface area contributed by atoms with Crippen LogP contribution in [-0.2, 0) is 5.41 Å². The molecule has 2 aromatic carbocycles. The van der Waals surface area contributed by atoms with Gasteiger partial charge in [-0.05, 0) is 73.9 Å². The van der Waals surface area contributed by atoms with E-state index in [1.54, 1.807) is 12.1 Å². The van der Waals surface area contributed by atoms with Crippen molar-refractivity contribution in [1.29, 1.82) is 0 Å². The van der Waals surface area contributed by atoms with Crippen LogP contribution in [0.3, 0.4) is 0 Å². The summed E-state index contributed by atoms with van der Waals surface area (Å²) in [4.78, 5) is 13.7. The first kappa shape index (κ1) is 24.9. The fraction of sp³-hybridized carbons (Fsp3) is 0.536. The second-order valence-corrected chi connectivity index (χ2v) is 12.9. The second-order valence-electron chi connectivity index (χ2n) is 12.9. The zero-order valence-corrected chi connectivity index (χ0v) is 22.0. The first-order valence-electron chi connectivity index (χ1n) is 11.9. The predicted octanol–water partition coefficient (Wildman–Crippen LogP) is 6.42. The Morgan fingerprint density at radius 3 is 1.85 bits per heavy atom. The van der Waals surface area contributed by atoms with Crippen LogP contribution >= 0.6 is 0 Å². The number of carbonyl (C=O) groups is 1. The highest BCUT2D eigenvalue weighted by Gasteiger charge is 2.58. The van der Waals surface area contributed by atoms with Crippen molar-refractivity contribution in [2.75, 3.05) is 0 Å². The fourth-order valence-corrected chi connectivity index (χ4v) is 5.10. The monoisotopic (exact) mass is 466 g/mol. The van der Waals surface area contributed by atoms with Crippen molar-refractivity contribution < 1.29 is 20.3 Å². The van der Waals surface area contributed by atoms with Gasteiger partial charge >= 0.3 is 0 Å². The smallest absolute Gasteiger partial charge is 0.190 e. The van der Waals surface area contributed by atoms with Gasteiger partial charge in [-0.3, -0.25) is 4.79 Å². The molecule has 184 valence electrons. The average molecular weight is 467 g/mol. The van der Waals surface area contributed by atoms with E-state index in [1.807, 2.05) is 81.4 Å². The summed E-state index contributed by atoms with van der Waals surface area (Å²) in [5.74, 6) is 0.0283. The number of allylic oxidation sites excluding steroid dienone is 1. The van der Waals surface area contributed by atoms with Gasteiger partial charge in [0.05, 0.1) is 11.1 Å². The Balaban J connectivity index is 2.09. The summed E-state index contributed by atoms with van der Waals surface area (Å²) in [7, 11) is 0. The van der Waals surface area contributed by atoms with Crippen LogP contribution in [0.15, 0.2) is 23.8 Å². The van der Waals surface area contributed by atoms with E-state index >= 15 is 0 Å². The first-order chi connectivity index (χ1) is 15.3. The number of hydroxylamine groups is 4. The summed E-state index contributed by atoms with van der Waals surface area (Å²) in [6, 6.07) is 5.54. The molecule has 0 spiro atoms. The molecule has 34 heavy (non-hydrogen) atoms. The van der Waals surface area contributed by atoms with Crippen molar-refractivity contribution in [2.45, 2.75) is 91.9 Å². The minimum atomic E-state index is -0.899. The topological polar surface area (TPSA) is 84.2 Å². The molecule has 1 saturated heterocycles. The molecule has 0 aromatic heterocycles. The molecule has 1 fully saturated rings. The van der Waals surface area contributed by atoms with E-state index in [4.69, 9.17) is 0 Å². The van der Waals surface area contributed by atoms with E-state index < -0.39 is 17.2 Å². The summed E-state index contributed by atoms with van der Waals surface area (Å²) < 4.78 is 0. The molecular formula is C28H38N2O4. The van der Waals surface area contributed by atoms with Gasteiger partial charge in [0, 0.05) is 27.5 Å². The number of nitrogens with zero attached hydrogens (tertiary/aromatic N) is 2. The zero-order valence-electron chi connectivity index (χ0n) is 22.0. The Morgan fingerprint density at radius 2 is 1.38 bits per heavy atom. The molecule has 1 aliphatic carbocycles. The van der Waals surface area contributed by atoms with Gasteiger partial charge in [0.1, 0.15) is 11.9 Å². The van der Waals surface area contributed by atoms with E-state index in [2.05, 4.69) is 0 Å². The van der Waals surface area contributed by atoms with E-state index in [-0.39, 0.29) is 22.4 Å². The Morgan fingerprint density at radius 1 is 0.853 bits per heavy atom. The maximum atomic E-state index is 13.7. The van der Waals surface area contributed by atoms with E-state index in [0.29, 0.717) is 27.5 Å². The molecule has 6 heteroatoms. The maximum Gasteiger partial charge on any atom is 0.190 e. The van der Waals surface area contributed by atoms with Crippen LogP contribution in [0.4, 0.5) is 0 Å². The number of aromatic hydroxyl groups is 1.